The maximum Gasteiger partial charge on any atom is 0.391 e. The van der Waals surface area contributed by atoms with Gasteiger partial charge < -0.3 is 5.32 Å². The van der Waals surface area contributed by atoms with Crippen LogP contribution < -0.4 is 5.32 Å². The van der Waals surface area contributed by atoms with E-state index in [0.29, 0.717) is 12.8 Å². The van der Waals surface area contributed by atoms with Crippen LogP contribution in [0.15, 0.2) is 16.9 Å². The van der Waals surface area contributed by atoms with Gasteiger partial charge in [-0.15, -0.1) is 0 Å². The Morgan fingerprint density at radius 1 is 1.26 bits per heavy atom. The fraction of sp³-hybridized carbons (Fsp3) is 0.615. The number of rotatable bonds is 2. The van der Waals surface area contributed by atoms with Crippen LogP contribution in [-0.2, 0) is 0 Å². The first-order chi connectivity index (χ1) is 8.86. The van der Waals surface area contributed by atoms with Crippen molar-refractivity contribution in [3.8, 4) is 0 Å². The van der Waals surface area contributed by atoms with E-state index in [4.69, 9.17) is 0 Å². The molecule has 0 unspecified atom stereocenters. The Kier molecular flexibility index (Phi) is 4.38. The van der Waals surface area contributed by atoms with E-state index in [1.165, 1.54) is 0 Å². The second kappa shape index (κ2) is 5.69. The van der Waals surface area contributed by atoms with Crippen molar-refractivity contribution in [2.24, 2.45) is 5.92 Å². The zero-order valence-electron chi connectivity index (χ0n) is 10.6. The molecule has 1 saturated carbocycles. The lowest BCUT2D eigenvalue weighted by Gasteiger charge is -2.30. The second-order valence-electron chi connectivity index (χ2n) is 5.07. The smallest absolute Gasteiger partial charge is 0.381 e. The summed E-state index contributed by atoms with van der Waals surface area (Å²) in [4.78, 5) is 4.17. The molecule has 0 radical (unpaired) electrons. The Labute approximate surface area is 118 Å². The number of halogens is 4. The van der Waals surface area contributed by atoms with E-state index in [0.717, 1.165) is 15.9 Å². The summed E-state index contributed by atoms with van der Waals surface area (Å²) in [5.41, 5.74) is 1.88. The summed E-state index contributed by atoms with van der Waals surface area (Å²) in [7, 11) is 0. The molecule has 1 aliphatic carbocycles. The first-order valence-electron chi connectivity index (χ1n) is 6.31. The SMILES string of the molecule is Cc1cc(NC2CCC(C(F)(F)F)CC2)cnc1Br. The topological polar surface area (TPSA) is 24.9 Å². The molecule has 0 saturated heterocycles. The van der Waals surface area contributed by atoms with Crippen LogP contribution in [0.1, 0.15) is 31.2 Å². The molecule has 19 heavy (non-hydrogen) atoms. The van der Waals surface area contributed by atoms with Crippen LogP contribution in [0.25, 0.3) is 0 Å². The number of pyridine rings is 1. The molecule has 0 aromatic carbocycles. The number of hydrogen-bond donors (Lipinski definition) is 1. The Hall–Kier alpha value is -0.780. The van der Waals surface area contributed by atoms with Gasteiger partial charge in [0.15, 0.2) is 0 Å². The van der Waals surface area contributed by atoms with E-state index in [9.17, 15) is 13.2 Å². The summed E-state index contributed by atoms with van der Waals surface area (Å²) in [6.45, 7) is 1.93. The van der Waals surface area contributed by atoms with E-state index in [1.807, 2.05) is 13.0 Å². The maximum atomic E-state index is 12.6. The molecule has 1 aliphatic rings. The van der Waals surface area contributed by atoms with Crippen molar-refractivity contribution in [2.45, 2.75) is 44.8 Å². The van der Waals surface area contributed by atoms with Crippen LogP contribution in [-0.4, -0.2) is 17.2 Å². The Balaban J connectivity index is 1.90. The van der Waals surface area contributed by atoms with Crippen LogP contribution in [0.3, 0.4) is 0 Å². The average molecular weight is 337 g/mol. The van der Waals surface area contributed by atoms with Gasteiger partial charge in [-0.05, 0) is 60.2 Å². The maximum absolute atomic E-state index is 12.6. The van der Waals surface area contributed by atoms with Gasteiger partial charge in [-0.1, -0.05) is 0 Å². The lowest BCUT2D eigenvalue weighted by Crippen LogP contribution is -2.32. The van der Waals surface area contributed by atoms with Crippen LogP contribution >= 0.6 is 15.9 Å². The molecule has 2 nitrogen and oxygen atoms in total. The third-order valence-electron chi connectivity index (χ3n) is 3.58. The van der Waals surface area contributed by atoms with Crippen molar-refractivity contribution < 1.29 is 13.2 Å². The molecule has 0 amide bonds. The molecule has 1 aromatic rings. The fourth-order valence-corrected chi connectivity index (χ4v) is 2.65. The summed E-state index contributed by atoms with van der Waals surface area (Å²) in [5, 5.41) is 3.27. The van der Waals surface area contributed by atoms with Gasteiger partial charge in [0.25, 0.3) is 0 Å². The lowest BCUT2D eigenvalue weighted by atomic mass is 9.85. The number of alkyl halides is 3. The van der Waals surface area contributed by atoms with Gasteiger partial charge in [-0.3, -0.25) is 0 Å². The highest BCUT2D eigenvalue weighted by Gasteiger charge is 2.41. The zero-order chi connectivity index (χ0) is 14.0. The zero-order valence-corrected chi connectivity index (χ0v) is 12.2. The minimum absolute atomic E-state index is 0.112. The predicted octanol–water partition coefficient (Wildman–Crippen LogP) is 4.69. The minimum atomic E-state index is -4.04. The minimum Gasteiger partial charge on any atom is -0.381 e. The van der Waals surface area contributed by atoms with Crippen molar-refractivity contribution in [1.82, 2.24) is 4.98 Å². The molecule has 0 spiro atoms. The molecule has 106 valence electrons. The molecule has 1 heterocycles. The second-order valence-corrected chi connectivity index (χ2v) is 5.82. The monoisotopic (exact) mass is 336 g/mol. The van der Waals surface area contributed by atoms with Crippen molar-refractivity contribution in [2.75, 3.05) is 5.32 Å². The van der Waals surface area contributed by atoms with Crippen molar-refractivity contribution in [1.29, 1.82) is 0 Å². The number of anilines is 1. The molecule has 1 fully saturated rings. The average Bonchev–Trinajstić information content (AvgIpc) is 2.33. The van der Waals surface area contributed by atoms with Crippen LogP contribution in [0, 0.1) is 12.8 Å². The molecule has 1 N–H and O–H groups in total. The van der Waals surface area contributed by atoms with Gasteiger partial charge in [0.05, 0.1) is 17.8 Å². The van der Waals surface area contributed by atoms with Gasteiger partial charge in [0, 0.05) is 6.04 Å². The number of aromatic nitrogens is 1. The molecular formula is C13H16BrF3N2. The van der Waals surface area contributed by atoms with E-state index >= 15 is 0 Å². The van der Waals surface area contributed by atoms with Gasteiger partial charge in [0.1, 0.15) is 4.60 Å². The quantitative estimate of drug-likeness (QED) is 0.793. The predicted molar refractivity (Wildman–Crippen MR) is 72.1 cm³/mol. The highest BCUT2D eigenvalue weighted by molar-refractivity contribution is 9.10. The fourth-order valence-electron chi connectivity index (χ4n) is 2.44. The van der Waals surface area contributed by atoms with Crippen LogP contribution in [0.2, 0.25) is 0 Å². The normalized spacial score (nSPS) is 24.3. The molecule has 0 atom stereocenters. The Morgan fingerprint density at radius 3 is 2.42 bits per heavy atom. The third kappa shape index (κ3) is 3.84. The summed E-state index contributed by atoms with van der Waals surface area (Å²) < 4.78 is 38.5. The molecule has 6 heteroatoms. The first kappa shape index (κ1) is 14.6. The van der Waals surface area contributed by atoms with E-state index < -0.39 is 12.1 Å². The summed E-state index contributed by atoms with van der Waals surface area (Å²) in [5.74, 6) is -1.13. The lowest BCUT2D eigenvalue weighted by molar-refractivity contribution is -0.182. The van der Waals surface area contributed by atoms with Crippen molar-refractivity contribution >= 4 is 21.6 Å². The first-order valence-corrected chi connectivity index (χ1v) is 7.11. The van der Waals surface area contributed by atoms with Gasteiger partial charge >= 0.3 is 6.18 Å². The Morgan fingerprint density at radius 2 is 1.89 bits per heavy atom. The van der Waals surface area contributed by atoms with Crippen molar-refractivity contribution in [3.05, 3.63) is 22.4 Å². The number of aryl methyl sites for hydroxylation is 1. The number of hydrogen-bond acceptors (Lipinski definition) is 2. The number of nitrogens with one attached hydrogen (secondary N) is 1. The van der Waals surface area contributed by atoms with Crippen molar-refractivity contribution in [3.63, 3.8) is 0 Å². The van der Waals surface area contributed by atoms with E-state index in [1.54, 1.807) is 6.20 Å². The summed E-state index contributed by atoms with van der Waals surface area (Å²) >= 11 is 3.32. The molecule has 0 bridgehead atoms. The van der Waals surface area contributed by atoms with E-state index in [-0.39, 0.29) is 18.9 Å². The highest BCUT2D eigenvalue weighted by atomic mass is 79.9. The van der Waals surface area contributed by atoms with Crippen LogP contribution in [0.4, 0.5) is 18.9 Å². The third-order valence-corrected chi connectivity index (χ3v) is 4.41. The van der Waals surface area contributed by atoms with Crippen LogP contribution in [0.5, 0.6) is 0 Å². The summed E-state index contributed by atoms with van der Waals surface area (Å²) in [6.07, 6.45) is -0.805. The van der Waals surface area contributed by atoms with E-state index in [2.05, 4.69) is 26.2 Å². The largest absolute Gasteiger partial charge is 0.391 e. The molecule has 2 rings (SSSR count). The summed E-state index contributed by atoms with van der Waals surface area (Å²) in [6, 6.07) is 2.06. The highest BCUT2D eigenvalue weighted by Crippen LogP contribution is 2.38. The Bertz CT molecular complexity index is 440. The molecule has 1 aromatic heterocycles. The van der Waals surface area contributed by atoms with Gasteiger partial charge in [-0.2, -0.15) is 13.2 Å². The molecule has 0 aliphatic heterocycles. The number of nitrogens with zero attached hydrogens (tertiary/aromatic N) is 1. The standard InChI is InChI=1S/C13H16BrF3N2/c1-8-6-11(7-18-12(8)14)19-10-4-2-9(3-5-10)13(15,16)17/h6-7,9-10,19H,2-5H2,1H3. The molecular weight excluding hydrogens is 321 g/mol. The van der Waals surface area contributed by atoms with Gasteiger partial charge in [0.2, 0.25) is 0 Å². The van der Waals surface area contributed by atoms with Gasteiger partial charge in [-0.25, -0.2) is 4.98 Å².